The first-order valence-corrected chi connectivity index (χ1v) is 28.8. The smallest absolute Gasteiger partial charge is 0.412 e. The van der Waals surface area contributed by atoms with Crippen LogP contribution < -0.4 is 10.6 Å². The zero-order valence-corrected chi connectivity index (χ0v) is 48.4. The van der Waals surface area contributed by atoms with Crippen LogP contribution in [0.5, 0.6) is 0 Å². The highest BCUT2D eigenvalue weighted by Crippen LogP contribution is 2.48. The molecule has 2 aromatic rings. The Labute approximate surface area is 451 Å². The molecule has 0 saturated heterocycles. The number of allylic oxidation sites excluding steroid dienone is 1. The summed E-state index contributed by atoms with van der Waals surface area (Å²) in [5.41, 5.74) is 0.137. The van der Waals surface area contributed by atoms with Crippen LogP contribution in [0.4, 0.5) is 19.2 Å². The van der Waals surface area contributed by atoms with E-state index in [4.69, 9.17) is 46.5 Å². The third-order valence-corrected chi connectivity index (χ3v) is 14.0. The first-order chi connectivity index (χ1) is 35.8. The summed E-state index contributed by atoms with van der Waals surface area (Å²) in [6.45, 7) is 18.9. The molecule has 0 bridgehead atoms. The van der Waals surface area contributed by atoms with Gasteiger partial charge in [0.05, 0.1) is 53.0 Å². The number of hydrogen-bond donors (Lipinski definition) is 2. The fourth-order valence-electron chi connectivity index (χ4n) is 6.55. The molecular weight excluding hydrogens is 1030 g/mol. The Balaban J connectivity index is 0.00000148. The van der Waals surface area contributed by atoms with Gasteiger partial charge in [-0.15, -0.1) is 0 Å². The molecule has 4 amide bonds. The van der Waals surface area contributed by atoms with Crippen molar-refractivity contribution in [1.82, 2.24) is 20.4 Å². The number of ether oxygens (including phenoxy) is 6. The molecular formula is C52H86N4O18P2. The normalized spacial score (nSPS) is 12.2. The van der Waals surface area contributed by atoms with Gasteiger partial charge in [0.2, 0.25) is 0 Å². The lowest BCUT2D eigenvalue weighted by atomic mass is 10.1. The van der Waals surface area contributed by atoms with Crippen molar-refractivity contribution in [3.8, 4) is 0 Å². The molecule has 0 radical (unpaired) electrons. The molecule has 2 N–H and O–H groups in total. The van der Waals surface area contributed by atoms with Crippen molar-refractivity contribution < 1.29 is 85.8 Å². The summed E-state index contributed by atoms with van der Waals surface area (Å²) in [6, 6.07) is 17.6. The Hall–Kier alpha value is -5.50. The van der Waals surface area contributed by atoms with Gasteiger partial charge in [0.25, 0.3) is 0 Å². The number of carbonyl (C=O) groups is 6. The van der Waals surface area contributed by atoms with Crippen molar-refractivity contribution in [2.45, 2.75) is 132 Å². The molecule has 0 saturated carbocycles. The molecule has 2 aromatic carbocycles. The predicted molar refractivity (Wildman–Crippen MR) is 288 cm³/mol. The fourth-order valence-corrected chi connectivity index (χ4v) is 9.76. The highest BCUT2D eigenvalue weighted by atomic mass is 31.2. The van der Waals surface area contributed by atoms with Crippen LogP contribution >= 0.6 is 15.2 Å². The lowest BCUT2D eigenvalue weighted by Gasteiger charge is -2.25. The number of carbonyl (C=O) groups excluding carboxylic acids is 6. The summed E-state index contributed by atoms with van der Waals surface area (Å²) in [7, 11) is -4.30. The average Bonchev–Trinajstić information content (AvgIpc) is 3.35. The van der Waals surface area contributed by atoms with E-state index in [0.29, 0.717) is 25.7 Å². The molecule has 22 nitrogen and oxygen atoms in total. The van der Waals surface area contributed by atoms with E-state index >= 15 is 0 Å². The molecule has 0 aliphatic rings. The topological polar surface area (TPSA) is 259 Å². The number of amides is 4. The predicted octanol–water partition coefficient (Wildman–Crippen LogP) is 10.6. The highest BCUT2D eigenvalue weighted by Gasteiger charge is 2.30. The summed E-state index contributed by atoms with van der Waals surface area (Å²) in [4.78, 5) is 77.1. The summed E-state index contributed by atoms with van der Waals surface area (Å²) < 4.78 is 78.1. The van der Waals surface area contributed by atoms with Gasteiger partial charge in [-0.05, 0) is 112 Å². The SMILES string of the molecule is CCOP(=O)(CCN(CCC/C=C(/NC(=O)OC(C)(C)C)C(=O)OC)C(=O)OCc1ccccc1)OCC.CCOP(=O)(CCN(CCCC[C@@H](NC(=O)OC(C)(C)C)C(=O)OC)C(=O)OCc1ccccc1)OCC.[HH]. The molecule has 24 heteroatoms. The van der Waals surface area contributed by atoms with E-state index < -0.39 is 68.7 Å². The largest absolute Gasteiger partial charge is 0.467 e. The molecule has 1 atom stereocenters. The molecule has 432 valence electrons. The van der Waals surface area contributed by atoms with Crippen LogP contribution in [-0.2, 0) is 78.4 Å². The first-order valence-electron chi connectivity index (χ1n) is 25.4. The van der Waals surface area contributed by atoms with Crippen LogP contribution in [0.25, 0.3) is 0 Å². The third-order valence-electron chi connectivity index (χ3n) is 9.89. The van der Waals surface area contributed by atoms with Gasteiger partial charge >= 0.3 is 51.5 Å². The number of methoxy groups -OCH3 is 2. The quantitative estimate of drug-likeness (QED) is 0.0234. The number of rotatable bonds is 31. The van der Waals surface area contributed by atoms with E-state index in [9.17, 15) is 37.9 Å². The Morgan fingerprint density at radius 3 is 1.41 bits per heavy atom. The summed E-state index contributed by atoms with van der Waals surface area (Å²) in [5, 5.41) is 4.93. The molecule has 0 aliphatic heterocycles. The molecule has 76 heavy (non-hydrogen) atoms. The maximum Gasteiger partial charge on any atom is 0.412 e. The Morgan fingerprint density at radius 2 is 1.01 bits per heavy atom. The minimum Gasteiger partial charge on any atom is -0.467 e. The molecule has 0 unspecified atom stereocenters. The standard InChI is InChI=1S/C26H43N2O9P.C26H41N2O9P.H2/c2*1-7-35-38(32,36-8-2)19-18-28(25(31)34-20-21-14-10-9-11-15-21)17-13-12-16-22(23(29)33-6)27-24(30)37-26(3,4)5;/h9-11,14-15,22H,7-8,12-13,16-20H2,1-6H3,(H,27,30);9-11,14-16H,7-8,12-13,17-20H2,1-6H3,(H,27,30);1H/b;22-16+;/t22-;;/m1../s1. The Kier molecular flexibility index (Phi) is 32.9. The zero-order valence-electron chi connectivity index (χ0n) is 46.6. The lowest BCUT2D eigenvalue weighted by Crippen LogP contribution is -2.44. The van der Waals surface area contributed by atoms with E-state index in [1.165, 1.54) is 30.1 Å². The van der Waals surface area contributed by atoms with Crippen LogP contribution in [0.1, 0.15) is 114 Å². The summed E-state index contributed by atoms with van der Waals surface area (Å²) >= 11 is 0. The fraction of sp³-hybridized carbons (Fsp3) is 0.615. The summed E-state index contributed by atoms with van der Waals surface area (Å²) in [5.74, 6) is -1.33. The minimum atomic E-state index is -3.38. The van der Waals surface area contributed by atoms with E-state index in [1.807, 2.05) is 60.7 Å². The second kappa shape index (κ2) is 36.5. The Bertz CT molecular complexity index is 2160. The average molecular weight is 1120 g/mol. The van der Waals surface area contributed by atoms with Crippen molar-refractivity contribution in [1.29, 1.82) is 0 Å². The summed E-state index contributed by atoms with van der Waals surface area (Å²) in [6.07, 6.45) is 0.806. The van der Waals surface area contributed by atoms with Gasteiger partial charge in [-0.2, -0.15) is 0 Å². The highest BCUT2D eigenvalue weighted by molar-refractivity contribution is 7.54. The van der Waals surface area contributed by atoms with E-state index in [1.54, 1.807) is 69.2 Å². The number of nitrogens with one attached hydrogen (secondary N) is 2. The maximum absolute atomic E-state index is 12.9. The molecule has 0 spiro atoms. The van der Waals surface area contributed by atoms with Crippen molar-refractivity contribution in [3.63, 3.8) is 0 Å². The Morgan fingerprint density at radius 1 is 0.592 bits per heavy atom. The van der Waals surface area contributed by atoms with Crippen molar-refractivity contribution in [2.75, 3.05) is 79.1 Å². The molecule has 0 fully saturated rings. The monoisotopic (exact) mass is 1120 g/mol. The number of alkyl carbamates (subject to hydrolysis) is 2. The van der Waals surface area contributed by atoms with Crippen molar-refractivity contribution in [3.05, 3.63) is 83.6 Å². The van der Waals surface area contributed by atoms with Gasteiger partial charge in [0.1, 0.15) is 36.2 Å². The van der Waals surface area contributed by atoms with Gasteiger partial charge in [-0.1, -0.05) is 66.7 Å². The molecule has 2 rings (SSSR count). The number of unbranched alkanes of at least 4 members (excludes halogenated alkanes) is 2. The maximum atomic E-state index is 12.9. The van der Waals surface area contributed by atoms with Crippen molar-refractivity contribution in [2.24, 2.45) is 0 Å². The number of nitrogens with zero attached hydrogens (tertiary/aromatic N) is 2. The van der Waals surface area contributed by atoms with Crippen LogP contribution in [-0.4, -0.2) is 143 Å². The number of esters is 2. The van der Waals surface area contributed by atoms with Gasteiger partial charge in [0, 0.05) is 27.6 Å². The van der Waals surface area contributed by atoms with Crippen LogP contribution in [0.3, 0.4) is 0 Å². The number of hydrogen-bond acceptors (Lipinski definition) is 18. The van der Waals surface area contributed by atoms with Crippen molar-refractivity contribution >= 4 is 51.5 Å². The minimum absolute atomic E-state index is 0. The van der Waals surface area contributed by atoms with Crippen LogP contribution in [0, 0.1) is 0 Å². The van der Waals surface area contributed by atoms with Gasteiger partial charge in [-0.3, -0.25) is 14.4 Å². The molecule has 0 heterocycles. The second-order valence-corrected chi connectivity index (χ2v) is 22.9. The van der Waals surface area contributed by atoms with Gasteiger partial charge < -0.3 is 61.6 Å². The molecule has 0 aromatic heterocycles. The van der Waals surface area contributed by atoms with Crippen LogP contribution in [0.15, 0.2) is 72.4 Å². The zero-order chi connectivity index (χ0) is 57.2. The van der Waals surface area contributed by atoms with E-state index in [-0.39, 0.29) is 91.7 Å². The van der Waals surface area contributed by atoms with E-state index in [2.05, 4.69) is 10.6 Å². The molecule has 0 aliphatic carbocycles. The van der Waals surface area contributed by atoms with Crippen LogP contribution in [0.2, 0.25) is 0 Å². The first kappa shape index (κ1) is 68.5. The lowest BCUT2D eigenvalue weighted by molar-refractivity contribution is -0.143. The third kappa shape index (κ3) is 30.9. The number of benzene rings is 2. The van der Waals surface area contributed by atoms with Gasteiger partial charge in [-0.25, -0.2) is 28.8 Å². The second-order valence-electron chi connectivity index (χ2n) is 18.5. The van der Waals surface area contributed by atoms with E-state index in [0.717, 1.165) is 11.1 Å². The van der Waals surface area contributed by atoms with Gasteiger partial charge in [0.15, 0.2) is 0 Å².